The van der Waals surface area contributed by atoms with E-state index in [1.54, 1.807) is 0 Å². The van der Waals surface area contributed by atoms with Crippen LogP contribution in [-0.4, -0.2) is 48.3 Å². The molecule has 110 valence electrons. The van der Waals surface area contributed by atoms with Crippen LogP contribution in [-0.2, 0) is 14.6 Å². The minimum absolute atomic E-state index is 0.00167. The number of methoxy groups -OCH3 is 1. The summed E-state index contributed by atoms with van der Waals surface area (Å²) in [5.74, 6) is -1.12. The molecule has 1 saturated heterocycles. The molecule has 7 nitrogen and oxygen atoms in total. The van der Waals surface area contributed by atoms with Gasteiger partial charge in [-0.2, -0.15) is 5.06 Å². The third-order valence-electron chi connectivity index (χ3n) is 3.45. The zero-order valence-electron chi connectivity index (χ0n) is 10.8. The van der Waals surface area contributed by atoms with Gasteiger partial charge in [-0.3, -0.25) is 0 Å². The fourth-order valence-corrected chi connectivity index (χ4v) is 4.23. The van der Waals surface area contributed by atoms with E-state index in [0.717, 1.165) is 0 Å². The maximum absolute atomic E-state index is 12.6. The molecule has 0 bridgehead atoms. The van der Waals surface area contributed by atoms with Crippen LogP contribution in [0.5, 0.6) is 5.75 Å². The predicted molar refractivity (Wildman–Crippen MR) is 68.3 cm³/mol. The standard InChI is InChI=1S/C12H15NO6S/c1-19-9-3-5-10(6-4-9)20(17,18)12(11(14)15)7-2-8-13(12)16/h3-6,16H,2,7-8H2,1H3,(H,14,15)/t12-/m1/s1. The first-order valence-electron chi connectivity index (χ1n) is 5.95. The smallest absolute Gasteiger partial charge is 0.342 e. The van der Waals surface area contributed by atoms with Crippen molar-refractivity contribution in [1.82, 2.24) is 5.06 Å². The lowest BCUT2D eigenvalue weighted by Gasteiger charge is -2.29. The Morgan fingerprint density at radius 3 is 2.35 bits per heavy atom. The van der Waals surface area contributed by atoms with Crippen LogP contribution < -0.4 is 4.74 Å². The molecule has 1 aromatic carbocycles. The molecule has 0 spiro atoms. The lowest BCUT2D eigenvalue weighted by Crippen LogP contribution is -2.54. The molecule has 1 fully saturated rings. The van der Waals surface area contributed by atoms with Crippen molar-refractivity contribution >= 4 is 15.8 Å². The molecule has 1 aromatic rings. The summed E-state index contributed by atoms with van der Waals surface area (Å²) in [6, 6.07) is 5.40. The summed E-state index contributed by atoms with van der Waals surface area (Å²) in [5, 5.41) is 19.5. The molecule has 0 saturated carbocycles. The maximum Gasteiger partial charge on any atom is 0.342 e. The SMILES string of the molecule is COc1ccc(S(=O)(=O)[C@@]2(C(=O)O)CCCN2O)cc1. The van der Waals surface area contributed by atoms with Crippen molar-refractivity contribution in [2.24, 2.45) is 0 Å². The molecule has 0 unspecified atom stereocenters. The Kier molecular flexibility index (Phi) is 3.72. The molecule has 8 heteroatoms. The van der Waals surface area contributed by atoms with Crippen LogP contribution in [0, 0.1) is 0 Å². The van der Waals surface area contributed by atoms with Gasteiger partial charge in [0.25, 0.3) is 0 Å². The third kappa shape index (κ3) is 1.96. The van der Waals surface area contributed by atoms with Crippen LogP contribution in [0.4, 0.5) is 0 Å². The Hall–Kier alpha value is -1.64. The number of hydroxylamine groups is 2. The number of sulfone groups is 1. The molecule has 1 atom stereocenters. The second-order valence-corrected chi connectivity index (χ2v) is 6.65. The zero-order chi connectivity index (χ0) is 15.0. The van der Waals surface area contributed by atoms with Crippen LogP contribution in [0.25, 0.3) is 0 Å². The number of benzene rings is 1. The first kappa shape index (κ1) is 14.8. The van der Waals surface area contributed by atoms with E-state index in [1.807, 2.05) is 0 Å². The average Bonchev–Trinajstić information content (AvgIpc) is 2.82. The summed E-state index contributed by atoms with van der Waals surface area (Å²) in [5.41, 5.74) is 0. The van der Waals surface area contributed by atoms with Gasteiger partial charge < -0.3 is 15.1 Å². The Labute approximate surface area is 116 Å². The van der Waals surface area contributed by atoms with E-state index in [0.29, 0.717) is 10.8 Å². The molecular formula is C12H15NO6S. The number of rotatable bonds is 4. The van der Waals surface area contributed by atoms with E-state index in [4.69, 9.17) is 4.74 Å². The topological polar surface area (TPSA) is 104 Å². The van der Waals surface area contributed by atoms with Gasteiger partial charge in [-0.15, -0.1) is 0 Å². The molecule has 0 aliphatic carbocycles. The summed E-state index contributed by atoms with van der Waals surface area (Å²) in [6.45, 7) is 0.00167. The van der Waals surface area contributed by atoms with Gasteiger partial charge in [-0.1, -0.05) is 0 Å². The number of hydrogen-bond acceptors (Lipinski definition) is 6. The number of carbonyl (C=O) groups is 1. The Morgan fingerprint density at radius 2 is 1.95 bits per heavy atom. The van der Waals surface area contributed by atoms with E-state index in [1.165, 1.54) is 31.4 Å². The second kappa shape index (κ2) is 5.04. The highest BCUT2D eigenvalue weighted by atomic mass is 32.2. The molecule has 1 aliphatic heterocycles. The quantitative estimate of drug-likeness (QED) is 0.845. The third-order valence-corrected chi connectivity index (χ3v) is 5.82. The van der Waals surface area contributed by atoms with Gasteiger partial charge in [0, 0.05) is 6.54 Å². The Balaban J connectivity index is 2.54. The lowest BCUT2D eigenvalue weighted by molar-refractivity contribution is -0.168. The van der Waals surface area contributed by atoms with E-state index in [9.17, 15) is 23.5 Å². The number of carboxylic acids is 1. The summed E-state index contributed by atoms with van der Waals surface area (Å²) < 4.78 is 30.1. The highest BCUT2D eigenvalue weighted by Crippen LogP contribution is 2.37. The number of hydrogen-bond donors (Lipinski definition) is 2. The van der Waals surface area contributed by atoms with Crippen molar-refractivity contribution in [2.45, 2.75) is 22.6 Å². The monoisotopic (exact) mass is 301 g/mol. The lowest BCUT2D eigenvalue weighted by atomic mass is 10.2. The largest absolute Gasteiger partial charge is 0.497 e. The number of carboxylic acid groups (broad SMARTS) is 1. The Morgan fingerprint density at radius 1 is 1.35 bits per heavy atom. The van der Waals surface area contributed by atoms with Crippen LogP contribution in [0.1, 0.15) is 12.8 Å². The molecule has 0 amide bonds. The van der Waals surface area contributed by atoms with Crippen molar-refractivity contribution in [1.29, 1.82) is 0 Å². The zero-order valence-corrected chi connectivity index (χ0v) is 11.6. The summed E-state index contributed by atoms with van der Waals surface area (Å²) in [6.07, 6.45) is 0.130. The molecule has 0 aromatic heterocycles. The number of ether oxygens (including phenoxy) is 1. The van der Waals surface area contributed by atoms with Gasteiger partial charge in [0.2, 0.25) is 14.7 Å². The van der Waals surface area contributed by atoms with E-state index in [2.05, 4.69) is 0 Å². The molecule has 0 radical (unpaired) electrons. The summed E-state index contributed by atoms with van der Waals surface area (Å²) >= 11 is 0. The fourth-order valence-electron chi connectivity index (χ4n) is 2.33. The summed E-state index contributed by atoms with van der Waals surface area (Å²) in [4.78, 5) is 8.99. The van der Waals surface area contributed by atoms with Crippen molar-refractivity contribution in [3.8, 4) is 5.75 Å². The number of nitrogens with zero attached hydrogens (tertiary/aromatic N) is 1. The average molecular weight is 301 g/mol. The first-order valence-corrected chi connectivity index (χ1v) is 7.43. The van der Waals surface area contributed by atoms with Crippen LogP contribution in [0.15, 0.2) is 29.2 Å². The van der Waals surface area contributed by atoms with Gasteiger partial charge in [0.15, 0.2) is 0 Å². The van der Waals surface area contributed by atoms with Gasteiger partial charge >= 0.3 is 5.97 Å². The minimum Gasteiger partial charge on any atom is -0.497 e. The van der Waals surface area contributed by atoms with Crippen LogP contribution in [0.3, 0.4) is 0 Å². The van der Waals surface area contributed by atoms with Crippen molar-refractivity contribution < 1.29 is 28.3 Å². The van der Waals surface area contributed by atoms with Gasteiger partial charge in [-0.05, 0) is 37.1 Å². The van der Waals surface area contributed by atoms with Crippen molar-refractivity contribution in [3.63, 3.8) is 0 Å². The van der Waals surface area contributed by atoms with Crippen LogP contribution >= 0.6 is 0 Å². The van der Waals surface area contributed by atoms with E-state index < -0.39 is 20.7 Å². The summed E-state index contributed by atoms with van der Waals surface area (Å²) in [7, 11) is -2.81. The predicted octanol–water partition coefficient (Wildman–Crippen LogP) is 0.735. The van der Waals surface area contributed by atoms with Gasteiger partial charge in [0.1, 0.15) is 5.75 Å². The molecule has 2 N–H and O–H groups in total. The fraction of sp³-hybridized carbons (Fsp3) is 0.417. The number of aliphatic carboxylic acids is 1. The molecule has 2 rings (SSSR count). The molecular weight excluding hydrogens is 286 g/mol. The minimum atomic E-state index is -4.25. The molecule has 20 heavy (non-hydrogen) atoms. The van der Waals surface area contributed by atoms with Crippen molar-refractivity contribution in [3.05, 3.63) is 24.3 Å². The first-order chi connectivity index (χ1) is 9.36. The van der Waals surface area contributed by atoms with E-state index in [-0.39, 0.29) is 24.3 Å². The van der Waals surface area contributed by atoms with Crippen LogP contribution in [0.2, 0.25) is 0 Å². The normalized spacial score (nSPS) is 23.7. The molecule has 1 heterocycles. The highest BCUT2D eigenvalue weighted by Gasteiger charge is 2.58. The second-order valence-electron chi connectivity index (χ2n) is 4.50. The van der Waals surface area contributed by atoms with Crippen molar-refractivity contribution in [2.75, 3.05) is 13.7 Å². The maximum atomic E-state index is 12.6. The molecule has 1 aliphatic rings. The highest BCUT2D eigenvalue weighted by molar-refractivity contribution is 7.93. The van der Waals surface area contributed by atoms with Gasteiger partial charge in [0.05, 0.1) is 12.0 Å². The Bertz CT molecular complexity index is 611. The van der Waals surface area contributed by atoms with E-state index >= 15 is 0 Å². The van der Waals surface area contributed by atoms with Gasteiger partial charge in [-0.25, -0.2) is 13.2 Å².